The van der Waals surface area contributed by atoms with E-state index in [2.05, 4.69) is 15.3 Å². The molecule has 19 heavy (non-hydrogen) atoms. The third kappa shape index (κ3) is 3.01. The molecular formula is C10H6Cl2N4O3. The van der Waals surface area contributed by atoms with E-state index in [-0.39, 0.29) is 5.82 Å². The number of halogens is 2. The Morgan fingerprint density at radius 2 is 1.89 bits per heavy atom. The summed E-state index contributed by atoms with van der Waals surface area (Å²) in [5.41, 5.74) is -1.15. The first-order chi connectivity index (χ1) is 8.97. The van der Waals surface area contributed by atoms with Gasteiger partial charge in [0.25, 0.3) is 0 Å². The van der Waals surface area contributed by atoms with Crippen LogP contribution in [0.2, 0.25) is 10.0 Å². The normalized spacial score (nSPS) is 10.2. The molecule has 0 atom stereocenters. The first kappa shape index (κ1) is 13.3. The Hall–Kier alpha value is -2.12. The van der Waals surface area contributed by atoms with Crippen LogP contribution in [0.1, 0.15) is 0 Å². The summed E-state index contributed by atoms with van der Waals surface area (Å²) in [5, 5.41) is 14.2. The lowest BCUT2D eigenvalue weighted by Crippen LogP contribution is -2.14. The van der Waals surface area contributed by atoms with E-state index >= 15 is 0 Å². The SMILES string of the molecule is O=c1[nH]cnc(Nc2cc(Cl)cc(Cl)c2)c1[N+](=O)[O-]. The van der Waals surface area contributed by atoms with Gasteiger partial charge < -0.3 is 10.3 Å². The van der Waals surface area contributed by atoms with Gasteiger partial charge in [-0.05, 0) is 18.2 Å². The van der Waals surface area contributed by atoms with Gasteiger partial charge in [-0.2, -0.15) is 0 Å². The summed E-state index contributed by atoms with van der Waals surface area (Å²) in [6.45, 7) is 0. The Kier molecular flexibility index (Phi) is 3.68. The second kappa shape index (κ2) is 5.25. The van der Waals surface area contributed by atoms with E-state index < -0.39 is 16.2 Å². The summed E-state index contributed by atoms with van der Waals surface area (Å²) < 4.78 is 0. The van der Waals surface area contributed by atoms with Crippen molar-refractivity contribution in [1.82, 2.24) is 9.97 Å². The topological polar surface area (TPSA) is 101 Å². The average Bonchev–Trinajstić information content (AvgIpc) is 2.26. The fraction of sp³-hybridized carbons (Fsp3) is 0. The quantitative estimate of drug-likeness (QED) is 0.670. The van der Waals surface area contributed by atoms with Crippen molar-refractivity contribution in [1.29, 1.82) is 0 Å². The van der Waals surface area contributed by atoms with Gasteiger partial charge in [-0.15, -0.1) is 0 Å². The predicted octanol–water partition coefficient (Wildman–Crippen LogP) is 2.73. The van der Waals surface area contributed by atoms with Crippen LogP contribution in [-0.2, 0) is 0 Å². The lowest BCUT2D eigenvalue weighted by Gasteiger charge is -2.06. The summed E-state index contributed by atoms with van der Waals surface area (Å²) in [6, 6.07) is 4.51. The number of hydrogen-bond acceptors (Lipinski definition) is 5. The van der Waals surface area contributed by atoms with Crippen molar-refractivity contribution in [3.63, 3.8) is 0 Å². The zero-order valence-electron chi connectivity index (χ0n) is 9.18. The molecule has 0 fully saturated rings. The Morgan fingerprint density at radius 3 is 2.47 bits per heavy atom. The molecule has 1 aromatic carbocycles. The Balaban J connectivity index is 2.46. The van der Waals surface area contributed by atoms with Crippen LogP contribution in [0.25, 0.3) is 0 Å². The Labute approximate surface area is 116 Å². The van der Waals surface area contributed by atoms with Crippen molar-refractivity contribution in [3.05, 3.63) is 55.0 Å². The van der Waals surface area contributed by atoms with E-state index in [1.807, 2.05) is 0 Å². The molecule has 0 unspecified atom stereocenters. The van der Waals surface area contributed by atoms with Gasteiger partial charge in [0.2, 0.25) is 5.82 Å². The lowest BCUT2D eigenvalue weighted by atomic mass is 10.3. The van der Waals surface area contributed by atoms with E-state index in [1.54, 1.807) is 0 Å². The zero-order valence-corrected chi connectivity index (χ0v) is 10.7. The molecule has 0 spiro atoms. The molecule has 0 bridgehead atoms. The summed E-state index contributed by atoms with van der Waals surface area (Å²) in [4.78, 5) is 27.2. The standard InChI is InChI=1S/C10H6Cl2N4O3/c11-5-1-6(12)3-7(2-5)15-9-8(16(18)19)10(17)14-4-13-9/h1-4H,(H2,13,14,15,17). The molecule has 98 valence electrons. The van der Waals surface area contributed by atoms with Gasteiger partial charge in [0.15, 0.2) is 0 Å². The highest BCUT2D eigenvalue weighted by molar-refractivity contribution is 6.35. The number of H-pyrrole nitrogens is 1. The molecule has 0 aliphatic rings. The maximum Gasteiger partial charge on any atom is 0.376 e. The molecule has 0 aliphatic carbocycles. The number of hydrogen-bond donors (Lipinski definition) is 2. The van der Waals surface area contributed by atoms with Crippen molar-refractivity contribution in [2.45, 2.75) is 0 Å². The van der Waals surface area contributed by atoms with Crippen LogP contribution < -0.4 is 10.9 Å². The molecule has 0 radical (unpaired) electrons. The molecule has 2 rings (SSSR count). The number of rotatable bonds is 3. The van der Waals surface area contributed by atoms with Crippen LogP contribution in [-0.4, -0.2) is 14.9 Å². The predicted molar refractivity (Wildman–Crippen MR) is 71.3 cm³/mol. The summed E-state index contributed by atoms with van der Waals surface area (Å²) in [7, 11) is 0. The van der Waals surface area contributed by atoms with Gasteiger partial charge in [0, 0.05) is 15.7 Å². The minimum atomic E-state index is -0.851. The number of aromatic nitrogens is 2. The fourth-order valence-corrected chi connectivity index (χ4v) is 1.94. The number of anilines is 2. The summed E-state index contributed by atoms with van der Waals surface area (Å²) in [6.07, 6.45) is 1.06. The number of aromatic amines is 1. The van der Waals surface area contributed by atoms with E-state index in [9.17, 15) is 14.9 Å². The fourth-order valence-electron chi connectivity index (χ4n) is 1.42. The first-order valence-corrected chi connectivity index (χ1v) is 5.68. The largest absolute Gasteiger partial charge is 0.376 e. The van der Waals surface area contributed by atoms with Crippen molar-refractivity contribution >= 4 is 40.4 Å². The third-order valence-electron chi connectivity index (χ3n) is 2.14. The van der Waals surface area contributed by atoms with E-state index in [0.29, 0.717) is 15.7 Å². The highest BCUT2D eigenvalue weighted by atomic mass is 35.5. The van der Waals surface area contributed by atoms with Gasteiger partial charge in [-0.25, -0.2) is 4.98 Å². The molecule has 0 saturated carbocycles. The number of benzene rings is 1. The maximum absolute atomic E-state index is 11.4. The molecule has 1 heterocycles. The van der Waals surface area contributed by atoms with Crippen LogP contribution in [0, 0.1) is 10.1 Å². The maximum atomic E-state index is 11.4. The smallest absolute Gasteiger partial charge is 0.334 e. The average molecular weight is 301 g/mol. The summed E-state index contributed by atoms with van der Waals surface area (Å²) in [5.74, 6) is -0.188. The van der Waals surface area contributed by atoms with Crippen LogP contribution in [0.4, 0.5) is 17.2 Å². The monoisotopic (exact) mass is 300 g/mol. The molecule has 0 aliphatic heterocycles. The van der Waals surface area contributed by atoms with Crippen LogP contribution >= 0.6 is 23.2 Å². The van der Waals surface area contributed by atoms with Gasteiger partial charge in [0.1, 0.15) is 0 Å². The molecular weight excluding hydrogens is 295 g/mol. The first-order valence-electron chi connectivity index (χ1n) is 4.92. The number of nitro groups is 1. The molecule has 7 nitrogen and oxygen atoms in total. The van der Waals surface area contributed by atoms with Gasteiger partial charge in [-0.3, -0.25) is 14.9 Å². The van der Waals surface area contributed by atoms with Crippen molar-refractivity contribution in [2.24, 2.45) is 0 Å². The van der Waals surface area contributed by atoms with Gasteiger partial charge >= 0.3 is 11.2 Å². The zero-order chi connectivity index (χ0) is 14.0. The number of nitrogens with one attached hydrogen (secondary N) is 2. The molecule has 0 amide bonds. The van der Waals surface area contributed by atoms with Gasteiger partial charge in [-0.1, -0.05) is 23.2 Å². The third-order valence-corrected chi connectivity index (χ3v) is 2.57. The molecule has 9 heteroatoms. The van der Waals surface area contributed by atoms with Crippen molar-refractivity contribution in [3.8, 4) is 0 Å². The second-order valence-corrected chi connectivity index (χ2v) is 4.34. The molecule has 2 aromatic rings. The highest BCUT2D eigenvalue weighted by Crippen LogP contribution is 2.26. The minimum Gasteiger partial charge on any atom is -0.334 e. The molecule has 1 aromatic heterocycles. The minimum absolute atomic E-state index is 0.188. The van der Waals surface area contributed by atoms with Crippen LogP contribution in [0.3, 0.4) is 0 Å². The van der Waals surface area contributed by atoms with Crippen LogP contribution in [0.15, 0.2) is 29.3 Å². The Morgan fingerprint density at radius 1 is 1.26 bits per heavy atom. The van der Waals surface area contributed by atoms with Crippen molar-refractivity contribution in [2.75, 3.05) is 5.32 Å². The second-order valence-electron chi connectivity index (χ2n) is 3.47. The van der Waals surface area contributed by atoms with Gasteiger partial charge in [0.05, 0.1) is 11.3 Å². The van der Waals surface area contributed by atoms with Crippen LogP contribution in [0.5, 0.6) is 0 Å². The van der Waals surface area contributed by atoms with E-state index in [1.165, 1.54) is 18.2 Å². The summed E-state index contributed by atoms with van der Waals surface area (Å²) >= 11 is 11.6. The van der Waals surface area contributed by atoms with E-state index in [0.717, 1.165) is 6.33 Å². The Bertz CT molecular complexity index is 681. The molecule has 2 N–H and O–H groups in total. The van der Waals surface area contributed by atoms with E-state index in [4.69, 9.17) is 23.2 Å². The molecule has 0 saturated heterocycles. The van der Waals surface area contributed by atoms with Crippen molar-refractivity contribution < 1.29 is 4.92 Å². The lowest BCUT2D eigenvalue weighted by molar-refractivity contribution is -0.385. The highest BCUT2D eigenvalue weighted by Gasteiger charge is 2.20. The number of nitrogens with zero attached hydrogens (tertiary/aromatic N) is 2.